The zero-order chi connectivity index (χ0) is 16.5. The van der Waals surface area contributed by atoms with E-state index in [-0.39, 0.29) is 0 Å². The van der Waals surface area contributed by atoms with Crippen LogP contribution in [0, 0.1) is 29.6 Å². The van der Waals surface area contributed by atoms with Crippen LogP contribution in [0.25, 0.3) is 0 Å². The molecule has 0 aliphatic heterocycles. The van der Waals surface area contributed by atoms with Gasteiger partial charge in [-0.2, -0.15) is 0 Å². The fourth-order valence-electron chi connectivity index (χ4n) is 3.80. The van der Waals surface area contributed by atoms with Gasteiger partial charge in [0.25, 0.3) is 0 Å². The van der Waals surface area contributed by atoms with Gasteiger partial charge in [-0.05, 0) is 55.8 Å². The van der Waals surface area contributed by atoms with Crippen LogP contribution >= 0.6 is 0 Å². The summed E-state index contributed by atoms with van der Waals surface area (Å²) in [5.41, 5.74) is 0. The average molecular weight is 309 g/mol. The Morgan fingerprint density at radius 3 is 2.14 bits per heavy atom. The molecule has 1 nitrogen and oxygen atoms in total. The van der Waals surface area contributed by atoms with Crippen LogP contribution in [0.2, 0.25) is 0 Å². The van der Waals surface area contributed by atoms with Crippen LogP contribution in [0.1, 0.15) is 98.8 Å². The largest absolute Gasteiger partial charge is 0.299 e. The maximum atomic E-state index is 12.4. The molecule has 0 N–H and O–H groups in total. The molecule has 0 spiro atoms. The highest BCUT2D eigenvalue weighted by atomic mass is 16.1. The molecule has 0 heterocycles. The normalized spacial score (nSPS) is 25.2. The van der Waals surface area contributed by atoms with Gasteiger partial charge in [-0.25, -0.2) is 0 Å². The van der Waals surface area contributed by atoms with Gasteiger partial charge in [0.2, 0.25) is 0 Å². The third kappa shape index (κ3) is 7.29. The van der Waals surface area contributed by atoms with Crippen LogP contribution in [0.15, 0.2) is 0 Å². The molecule has 1 rings (SSSR count). The van der Waals surface area contributed by atoms with E-state index in [1.165, 1.54) is 51.4 Å². The Balaban J connectivity index is 2.17. The Kier molecular flexibility index (Phi) is 9.36. The Morgan fingerprint density at radius 2 is 1.59 bits per heavy atom. The average Bonchev–Trinajstić information content (AvgIpc) is 2.51. The number of carbonyl (C=O) groups excluding carboxylic acids is 1. The van der Waals surface area contributed by atoms with Crippen LogP contribution in [0.4, 0.5) is 0 Å². The molecule has 0 bridgehead atoms. The highest BCUT2D eigenvalue weighted by molar-refractivity contribution is 5.81. The fraction of sp³-hybridized carbons (Fsp3) is 0.952. The van der Waals surface area contributed by atoms with Crippen molar-refractivity contribution in [3.63, 3.8) is 0 Å². The van der Waals surface area contributed by atoms with Crippen molar-refractivity contribution in [2.24, 2.45) is 29.6 Å². The lowest BCUT2D eigenvalue weighted by molar-refractivity contribution is -0.124. The fourth-order valence-corrected chi connectivity index (χ4v) is 3.80. The molecule has 0 aromatic carbocycles. The first kappa shape index (κ1) is 19.7. The van der Waals surface area contributed by atoms with E-state index in [4.69, 9.17) is 0 Å². The molecule has 0 aromatic heterocycles. The summed E-state index contributed by atoms with van der Waals surface area (Å²) in [4.78, 5) is 12.4. The van der Waals surface area contributed by atoms with E-state index >= 15 is 0 Å². The van der Waals surface area contributed by atoms with Gasteiger partial charge >= 0.3 is 0 Å². The molecule has 0 saturated heterocycles. The number of hydrogen-bond donors (Lipinski definition) is 0. The minimum Gasteiger partial charge on any atom is -0.299 e. The van der Waals surface area contributed by atoms with E-state index in [2.05, 4.69) is 34.6 Å². The summed E-state index contributed by atoms with van der Waals surface area (Å²) in [6, 6.07) is 0. The molecule has 22 heavy (non-hydrogen) atoms. The summed E-state index contributed by atoms with van der Waals surface area (Å²) in [7, 11) is 0. The molecule has 2 atom stereocenters. The monoisotopic (exact) mass is 308 g/mol. The van der Waals surface area contributed by atoms with Crippen LogP contribution in [0.5, 0.6) is 0 Å². The molecule has 1 aliphatic carbocycles. The highest BCUT2D eigenvalue weighted by Crippen LogP contribution is 2.33. The molecule has 130 valence electrons. The third-order valence-electron chi connectivity index (χ3n) is 6.14. The van der Waals surface area contributed by atoms with Crippen molar-refractivity contribution >= 4 is 5.78 Å². The maximum Gasteiger partial charge on any atom is 0.135 e. The van der Waals surface area contributed by atoms with E-state index in [1.54, 1.807) is 0 Å². The van der Waals surface area contributed by atoms with Crippen molar-refractivity contribution in [3.05, 3.63) is 0 Å². The van der Waals surface area contributed by atoms with E-state index in [9.17, 15) is 4.79 Å². The Morgan fingerprint density at radius 1 is 0.955 bits per heavy atom. The van der Waals surface area contributed by atoms with Gasteiger partial charge in [0.05, 0.1) is 0 Å². The highest BCUT2D eigenvalue weighted by Gasteiger charge is 2.25. The maximum absolute atomic E-state index is 12.4. The Bertz CT molecular complexity index is 299. The third-order valence-corrected chi connectivity index (χ3v) is 6.14. The van der Waals surface area contributed by atoms with Crippen molar-refractivity contribution in [3.8, 4) is 0 Å². The van der Waals surface area contributed by atoms with Gasteiger partial charge in [-0.15, -0.1) is 0 Å². The number of ketones is 1. The molecular formula is C21H40O. The topological polar surface area (TPSA) is 17.1 Å². The van der Waals surface area contributed by atoms with E-state index < -0.39 is 0 Å². The summed E-state index contributed by atoms with van der Waals surface area (Å²) < 4.78 is 0. The van der Waals surface area contributed by atoms with Gasteiger partial charge < -0.3 is 0 Å². The van der Waals surface area contributed by atoms with Crippen LogP contribution in [-0.4, -0.2) is 5.78 Å². The Labute approximate surface area is 139 Å². The van der Waals surface area contributed by atoms with Gasteiger partial charge in [-0.3, -0.25) is 4.79 Å². The van der Waals surface area contributed by atoms with Gasteiger partial charge in [0.15, 0.2) is 0 Å². The molecule has 1 fully saturated rings. The predicted octanol–water partition coefficient (Wildman–Crippen LogP) is 6.65. The second kappa shape index (κ2) is 10.4. The van der Waals surface area contributed by atoms with Crippen molar-refractivity contribution in [2.75, 3.05) is 0 Å². The van der Waals surface area contributed by atoms with E-state index in [0.717, 1.165) is 30.6 Å². The summed E-state index contributed by atoms with van der Waals surface area (Å²) >= 11 is 0. The molecule has 0 amide bonds. The molecule has 1 saturated carbocycles. The second-order valence-corrected chi connectivity index (χ2v) is 8.42. The molecule has 0 radical (unpaired) electrons. The summed E-state index contributed by atoms with van der Waals surface area (Å²) in [6.45, 7) is 11.6. The van der Waals surface area contributed by atoms with Crippen LogP contribution in [0.3, 0.4) is 0 Å². The van der Waals surface area contributed by atoms with Gasteiger partial charge in [-0.1, -0.05) is 60.3 Å². The smallest absolute Gasteiger partial charge is 0.135 e. The molecule has 0 aromatic rings. The van der Waals surface area contributed by atoms with Gasteiger partial charge in [0.1, 0.15) is 5.78 Å². The van der Waals surface area contributed by atoms with Crippen molar-refractivity contribution in [1.82, 2.24) is 0 Å². The summed E-state index contributed by atoms with van der Waals surface area (Å²) in [6.07, 6.45) is 12.1. The number of rotatable bonds is 10. The van der Waals surface area contributed by atoms with Crippen molar-refractivity contribution in [1.29, 1.82) is 0 Å². The lowest BCUT2D eigenvalue weighted by Gasteiger charge is -2.27. The quantitative estimate of drug-likeness (QED) is 0.441. The van der Waals surface area contributed by atoms with Crippen LogP contribution < -0.4 is 0 Å². The zero-order valence-corrected chi connectivity index (χ0v) is 15.9. The van der Waals surface area contributed by atoms with E-state index in [0.29, 0.717) is 17.6 Å². The number of hydrogen-bond acceptors (Lipinski definition) is 1. The van der Waals surface area contributed by atoms with Crippen LogP contribution in [-0.2, 0) is 4.79 Å². The lowest BCUT2D eigenvalue weighted by Crippen LogP contribution is -2.22. The molecule has 1 heteroatoms. The van der Waals surface area contributed by atoms with E-state index in [1.807, 2.05) is 0 Å². The zero-order valence-electron chi connectivity index (χ0n) is 15.9. The standard InChI is InChI=1S/C21H40O/c1-6-7-19-11-13-20(14-12-19)21(22)15-9-17(4)8-10-18(5)16(2)3/h16-20H,6-15H2,1-5H3/t17?,18-,19?,20?/m0/s1. The minimum absolute atomic E-state index is 0.398. The lowest BCUT2D eigenvalue weighted by atomic mass is 9.77. The second-order valence-electron chi connectivity index (χ2n) is 8.42. The molecular weight excluding hydrogens is 268 g/mol. The Hall–Kier alpha value is -0.330. The molecule has 1 unspecified atom stereocenters. The first-order valence-corrected chi connectivity index (χ1v) is 9.96. The summed E-state index contributed by atoms with van der Waals surface area (Å²) in [5, 5.41) is 0. The molecule has 1 aliphatic rings. The van der Waals surface area contributed by atoms with Crippen molar-refractivity contribution < 1.29 is 4.79 Å². The predicted molar refractivity (Wildman–Crippen MR) is 97.0 cm³/mol. The first-order valence-electron chi connectivity index (χ1n) is 9.96. The SMILES string of the molecule is CCCC1CCC(C(=O)CCC(C)CC[C@H](C)C(C)C)CC1. The van der Waals surface area contributed by atoms with Gasteiger partial charge in [0, 0.05) is 12.3 Å². The summed E-state index contributed by atoms with van der Waals surface area (Å²) in [5.74, 6) is 4.18. The first-order chi connectivity index (χ1) is 10.4. The minimum atomic E-state index is 0.398. The number of Topliss-reactive ketones (excluding diaryl/α,β-unsaturated/α-hetero) is 1. The van der Waals surface area contributed by atoms with Crippen molar-refractivity contribution in [2.45, 2.75) is 98.8 Å². The number of carbonyl (C=O) groups is 1.